The number of imidazole rings is 1. The number of thioether (sulfide) groups is 1. The molecule has 38 heavy (non-hydrogen) atoms. The number of pyridine rings is 1. The van der Waals surface area contributed by atoms with Crippen molar-refractivity contribution in [1.29, 1.82) is 0 Å². The van der Waals surface area contributed by atoms with E-state index in [9.17, 15) is 9.18 Å². The van der Waals surface area contributed by atoms with Crippen LogP contribution in [0.15, 0.2) is 59.6 Å². The SMILES string of the molecule is COC(=O)N1CCO[C@@H](Cc2c(-c3c(F)cc(SCc4ccccc4)cc3F)nc3cc(Cl)c(F)cn23)C1. The molecule has 11 heteroatoms. The topological polar surface area (TPSA) is 56.1 Å². The van der Waals surface area contributed by atoms with Crippen molar-refractivity contribution in [3.8, 4) is 11.3 Å². The van der Waals surface area contributed by atoms with Gasteiger partial charge in [-0.05, 0) is 17.7 Å². The first-order valence-corrected chi connectivity index (χ1v) is 13.2. The lowest BCUT2D eigenvalue weighted by molar-refractivity contribution is -0.0241. The van der Waals surface area contributed by atoms with Crippen molar-refractivity contribution < 1.29 is 27.4 Å². The molecule has 4 aromatic rings. The number of rotatable bonds is 6. The van der Waals surface area contributed by atoms with Gasteiger partial charge in [-0.25, -0.2) is 22.9 Å². The van der Waals surface area contributed by atoms with Crippen molar-refractivity contribution in [2.75, 3.05) is 26.8 Å². The standard InChI is InChI=1S/C27H23ClF3N3O3S/c1-36-27(35)33-7-8-37-17(13-33)9-23-26(32-24-12-19(28)22(31)14-34(23)24)25-20(29)10-18(11-21(25)30)38-15-16-5-3-2-4-6-16/h2-6,10-12,14,17H,7-9,13,15H2,1H3/t17-/m0/s1. The molecule has 0 unspecified atom stereocenters. The summed E-state index contributed by atoms with van der Waals surface area (Å²) in [4.78, 5) is 18.4. The minimum atomic E-state index is -0.794. The normalized spacial score (nSPS) is 15.7. The molecular formula is C27H23ClF3N3O3S. The molecule has 0 bridgehead atoms. The van der Waals surface area contributed by atoms with Gasteiger partial charge in [0.25, 0.3) is 0 Å². The van der Waals surface area contributed by atoms with E-state index in [-0.39, 0.29) is 41.5 Å². The molecule has 1 aliphatic rings. The van der Waals surface area contributed by atoms with E-state index in [1.54, 1.807) is 0 Å². The number of morpholine rings is 1. The van der Waals surface area contributed by atoms with E-state index in [1.807, 2.05) is 30.3 Å². The van der Waals surface area contributed by atoms with Gasteiger partial charge < -0.3 is 18.8 Å². The highest BCUT2D eigenvalue weighted by Crippen LogP contribution is 2.35. The van der Waals surface area contributed by atoms with E-state index in [4.69, 9.17) is 21.1 Å². The maximum absolute atomic E-state index is 15.5. The van der Waals surface area contributed by atoms with Gasteiger partial charge in [0.15, 0.2) is 5.82 Å². The van der Waals surface area contributed by atoms with Crippen LogP contribution in [0.2, 0.25) is 5.02 Å². The Hall–Kier alpha value is -3.21. The van der Waals surface area contributed by atoms with Gasteiger partial charge in [-0.3, -0.25) is 0 Å². The van der Waals surface area contributed by atoms with Crippen molar-refractivity contribution in [1.82, 2.24) is 14.3 Å². The Morgan fingerprint density at radius 1 is 1.16 bits per heavy atom. The molecule has 5 rings (SSSR count). The first kappa shape index (κ1) is 26.4. The fraction of sp³-hybridized carbons (Fsp3) is 0.259. The van der Waals surface area contributed by atoms with Gasteiger partial charge in [-0.2, -0.15) is 0 Å². The third kappa shape index (κ3) is 5.48. The second kappa shape index (κ2) is 11.3. The van der Waals surface area contributed by atoms with Gasteiger partial charge in [0.05, 0.1) is 48.3 Å². The average molecular weight is 562 g/mol. The quantitative estimate of drug-likeness (QED) is 0.256. The largest absolute Gasteiger partial charge is 0.453 e. The lowest BCUT2D eigenvalue weighted by atomic mass is 10.0. The molecular weight excluding hydrogens is 539 g/mol. The highest BCUT2D eigenvalue weighted by atomic mass is 35.5. The highest BCUT2D eigenvalue weighted by molar-refractivity contribution is 7.98. The third-order valence-corrected chi connectivity index (χ3v) is 7.59. The van der Waals surface area contributed by atoms with Crippen LogP contribution >= 0.6 is 23.4 Å². The van der Waals surface area contributed by atoms with E-state index >= 15 is 8.78 Å². The van der Waals surface area contributed by atoms with Crippen LogP contribution in [0, 0.1) is 17.5 Å². The van der Waals surface area contributed by atoms with Crippen molar-refractivity contribution in [2.24, 2.45) is 0 Å². The van der Waals surface area contributed by atoms with Gasteiger partial charge >= 0.3 is 6.09 Å². The number of ether oxygens (including phenoxy) is 2. The Balaban J connectivity index is 1.51. The number of hydrogen-bond donors (Lipinski definition) is 0. The minimum absolute atomic E-state index is 0.0140. The van der Waals surface area contributed by atoms with E-state index in [2.05, 4.69) is 4.98 Å². The zero-order valence-electron chi connectivity index (χ0n) is 20.3. The van der Waals surface area contributed by atoms with Crippen molar-refractivity contribution in [2.45, 2.75) is 23.2 Å². The number of halogens is 4. The molecule has 0 aliphatic carbocycles. The van der Waals surface area contributed by atoms with Gasteiger partial charge in [-0.15, -0.1) is 11.8 Å². The molecule has 0 N–H and O–H groups in total. The lowest BCUT2D eigenvalue weighted by Gasteiger charge is -2.32. The second-order valence-corrected chi connectivity index (χ2v) is 10.2. The third-order valence-electron chi connectivity index (χ3n) is 6.26. The molecule has 0 radical (unpaired) electrons. The summed E-state index contributed by atoms with van der Waals surface area (Å²) in [6.07, 6.45) is 0.195. The van der Waals surface area contributed by atoms with Crippen molar-refractivity contribution >= 4 is 35.1 Å². The van der Waals surface area contributed by atoms with Crippen LogP contribution in [-0.2, 0) is 21.6 Å². The van der Waals surface area contributed by atoms with E-state index in [0.717, 1.165) is 11.8 Å². The van der Waals surface area contributed by atoms with Crippen LogP contribution in [0.5, 0.6) is 0 Å². The number of carbonyl (C=O) groups excluding carboxylic acids is 1. The maximum Gasteiger partial charge on any atom is 0.409 e. The molecule has 1 saturated heterocycles. The number of fused-ring (bicyclic) bond motifs is 1. The smallest absolute Gasteiger partial charge is 0.409 e. The molecule has 0 saturated carbocycles. The summed E-state index contributed by atoms with van der Waals surface area (Å²) in [5.41, 5.74) is 1.26. The Labute approximate surface area is 226 Å². The summed E-state index contributed by atoms with van der Waals surface area (Å²) in [6.45, 7) is 0.788. The number of nitrogens with zero attached hydrogens (tertiary/aromatic N) is 3. The predicted molar refractivity (Wildman–Crippen MR) is 139 cm³/mol. The van der Waals surface area contributed by atoms with Crippen molar-refractivity contribution in [3.63, 3.8) is 0 Å². The molecule has 1 fully saturated rings. The van der Waals surface area contributed by atoms with Gasteiger partial charge in [0.2, 0.25) is 0 Å². The Bertz CT molecular complexity index is 1460. The summed E-state index contributed by atoms with van der Waals surface area (Å²) < 4.78 is 57.4. The molecule has 0 spiro atoms. The number of methoxy groups -OCH3 is 1. The summed E-state index contributed by atoms with van der Waals surface area (Å²) in [6, 6.07) is 13.4. The van der Waals surface area contributed by atoms with Crippen LogP contribution < -0.4 is 0 Å². The van der Waals surface area contributed by atoms with E-state index in [0.29, 0.717) is 22.9 Å². The number of benzene rings is 2. The summed E-state index contributed by atoms with van der Waals surface area (Å²) in [5.74, 6) is -1.75. The molecule has 198 valence electrons. The zero-order valence-corrected chi connectivity index (χ0v) is 21.9. The Kier molecular flexibility index (Phi) is 7.83. The van der Waals surface area contributed by atoms with Crippen LogP contribution in [0.3, 0.4) is 0 Å². The van der Waals surface area contributed by atoms with Crippen LogP contribution in [0.25, 0.3) is 16.9 Å². The molecule has 2 aromatic heterocycles. The maximum atomic E-state index is 15.5. The monoisotopic (exact) mass is 561 g/mol. The van der Waals surface area contributed by atoms with E-state index in [1.165, 1.54) is 46.4 Å². The lowest BCUT2D eigenvalue weighted by Crippen LogP contribution is -2.46. The fourth-order valence-electron chi connectivity index (χ4n) is 4.44. The molecule has 2 aromatic carbocycles. The van der Waals surface area contributed by atoms with Crippen LogP contribution in [0.4, 0.5) is 18.0 Å². The first-order valence-electron chi connectivity index (χ1n) is 11.8. The predicted octanol–water partition coefficient (Wildman–Crippen LogP) is 6.37. The van der Waals surface area contributed by atoms with Gasteiger partial charge in [0.1, 0.15) is 17.3 Å². The Morgan fingerprint density at radius 2 is 1.89 bits per heavy atom. The minimum Gasteiger partial charge on any atom is -0.453 e. The summed E-state index contributed by atoms with van der Waals surface area (Å²) in [5, 5.41) is -0.167. The molecule has 6 nitrogen and oxygen atoms in total. The zero-order chi connectivity index (χ0) is 26.8. The van der Waals surface area contributed by atoms with Gasteiger partial charge in [0, 0.05) is 35.9 Å². The number of hydrogen-bond acceptors (Lipinski definition) is 5. The number of amides is 1. The van der Waals surface area contributed by atoms with Crippen LogP contribution in [0.1, 0.15) is 11.3 Å². The fourth-order valence-corrected chi connectivity index (χ4v) is 5.48. The van der Waals surface area contributed by atoms with Gasteiger partial charge in [-0.1, -0.05) is 41.9 Å². The van der Waals surface area contributed by atoms with Crippen molar-refractivity contribution in [3.05, 3.63) is 88.5 Å². The number of carbonyl (C=O) groups is 1. The summed E-state index contributed by atoms with van der Waals surface area (Å²) >= 11 is 7.27. The molecule has 3 heterocycles. The summed E-state index contributed by atoms with van der Waals surface area (Å²) in [7, 11) is 1.29. The molecule has 1 atom stereocenters. The molecule has 1 amide bonds. The number of aromatic nitrogens is 2. The Morgan fingerprint density at radius 3 is 2.61 bits per heavy atom. The molecule has 1 aliphatic heterocycles. The highest BCUT2D eigenvalue weighted by Gasteiger charge is 2.29. The second-order valence-electron chi connectivity index (χ2n) is 8.75. The van der Waals surface area contributed by atoms with Crippen LogP contribution in [-0.4, -0.2) is 53.3 Å². The van der Waals surface area contributed by atoms with E-state index < -0.39 is 29.6 Å². The first-order chi connectivity index (χ1) is 18.3. The average Bonchev–Trinajstić information content (AvgIpc) is 3.23.